The van der Waals surface area contributed by atoms with Crippen LogP contribution >= 0.6 is 0 Å². The number of carbonyl (C=O) groups is 1. The molecule has 1 N–H and O–H groups in total. The number of benzene rings is 2. The molecule has 0 aromatic heterocycles. The van der Waals surface area contributed by atoms with Crippen molar-refractivity contribution in [2.45, 2.75) is 18.9 Å². The summed E-state index contributed by atoms with van der Waals surface area (Å²) in [5, 5.41) is 2.87. The number of para-hydroxylation sites is 1. The first-order valence-electron chi connectivity index (χ1n) is 7.98. The van der Waals surface area contributed by atoms with Crippen molar-refractivity contribution in [3.8, 4) is 16.9 Å². The van der Waals surface area contributed by atoms with Crippen LogP contribution in [0.3, 0.4) is 0 Å². The van der Waals surface area contributed by atoms with Crippen LogP contribution in [0.5, 0.6) is 5.75 Å². The highest BCUT2D eigenvalue weighted by Gasteiger charge is 2.16. The number of nitrogens with one attached hydrogen (secondary N) is 1. The molecule has 2 aromatic rings. The fraction of sp³-hybridized carbons (Fsp3) is 0.316. The monoisotopic (exact) mass is 311 g/mol. The van der Waals surface area contributed by atoms with Crippen LogP contribution in [0.25, 0.3) is 11.1 Å². The summed E-state index contributed by atoms with van der Waals surface area (Å²) in [6.07, 6.45) is 2.23. The van der Waals surface area contributed by atoms with Crippen LogP contribution in [0.2, 0.25) is 0 Å². The summed E-state index contributed by atoms with van der Waals surface area (Å²) in [6, 6.07) is 17.8. The van der Waals surface area contributed by atoms with Crippen molar-refractivity contribution in [2.75, 3.05) is 19.8 Å². The Hall–Kier alpha value is -2.33. The van der Waals surface area contributed by atoms with Gasteiger partial charge in [-0.15, -0.1) is 0 Å². The van der Waals surface area contributed by atoms with Gasteiger partial charge in [0.15, 0.2) is 6.61 Å². The fourth-order valence-electron chi connectivity index (χ4n) is 2.68. The minimum absolute atomic E-state index is 0.0105. The number of hydrogen-bond acceptors (Lipinski definition) is 3. The van der Waals surface area contributed by atoms with Gasteiger partial charge in [0.1, 0.15) is 5.75 Å². The molecule has 1 fully saturated rings. The molecule has 1 saturated heterocycles. The molecule has 1 aliphatic rings. The van der Waals surface area contributed by atoms with Crippen molar-refractivity contribution in [1.82, 2.24) is 5.32 Å². The molecule has 0 bridgehead atoms. The minimum atomic E-state index is -0.122. The van der Waals surface area contributed by atoms with Crippen molar-refractivity contribution in [3.63, 3.8) is 0 Å². The number of ether oxygens (including phenoxy) is 2. The van der Waals surface area contributed by atoms with Crippen molar-refractivity contribution in [1.29, 1.82) is 0 Å². The molecule has 0 aliphatic carbocycles. The molecule has 0 radical (unpaired) electrons. The van der Waals surface area contributed by atoms with E-state index in [1.807, 2.05) is 54.6 Å². The molecule has 0 spiro atoms. The predicted molar refractivity (Wildman–Crippen MR) is 89.4 cm³/mol. The van der Waals surface area contributed by atoms with Gasteiger partial charge in [0.2, 0.25) is 0 Å². The highest BCUT2D eigenvalue weighted by Crippen LogP contribution is 2.29. The molecule has 23 heavy (non-hydrogen) atoms. The van der Waals surface area contributed by atoms with Gasteiger partial charge >= 0.3 is 0 Å². The maximum Gasteiger partial charge on any atom is 0.258 e. The molecule has 1 amide bonds. The summed E-state index contributed by atoms with van der Waals surface area (Å²) < 4.78 is 11.2. The van der Waals surface area contributed by atoms with Crippen LogP contribution in [0.15, 0.2) is 54.6 Å². The van der Waals surface area contributed by atoms with Gasteiger partial charge in [-0.2, -0.15) is 0 Å². The topological polar surface area (TPSA) is 47.6 Å². The van der Waals surface area contributed by atoms with Crippen LogP contribution in [0.1, 0.15) is 12.8 Å². The lowest BCUT2D eigenvalue weighted by Gasteiger charge is -2.13. The van der Waals surface area contributed by atoms with E-state index in [1.165, 1.54) is 0 Å². The third-order valence-corrected chi connectivity index (χ3v) is 3.88. The molecule has 4 nitrogen and oxygen atoms in total. The van der Waals surface area contributed by atoms with Crippen molar-refractivity contribution < 1.29 is 14.3 Å². The lowest BCUT2D eigenvalue weighted by molar-refractivity contribution is -0.123. The van der Waals surface area contributed by atoms with Crippen molar-refractivity contribution >= 4 is 5.91 Å². The molecule has 1 unspecified atom stereocenters. The van der Waals surface area contributed by atoms with Gasteiger partial charge in [0.25, 0.3) is 5.91 Å². The fourth-order valence-corrected chi connectivity index (χ4v) is 2.68. The standard InChI is InChI=1S/C19H21NO3/c21-19(20-13-16-9-6-12-22-16)14-23-18-11-5-4-10-17(18)15-7-2-1-3-8-15/h1-5,7-8,10-11,16H,6,9,12-14H2,(H,20,21). The molecule has 1 heterocycles. The molecule has 3 rings (SSSR count). The second kappa shape index (κ2) is 7.79. The Bertz CT molecular complexity index is 636. The Morgan fingerprint density at radius 1 is 1.13 bits per heavy atom. The van der Waals surface area contributed by atoms with Crippen LogP contribution in [-0.4, -0.2) is 31.8 Å². The zero-order valence-electron chi connectivity index (χ0n) is 13.0. The maximum absolute atomic E-state index is 11.9. The quantitative estimate of drug-likeness (QED) is 0.892. The van der Waals surface area contributed by atoms with E-state index in [-0.39, 0.29) is 18.6 Å². The van der Waals surface area contributed by atoms with Crippen LogP contribution in [0.4, 0.5) is 0 Å². The first kappa shape index (κ1) is 15.6. The first-order chi connectivity index (χ1) is 11.3. The number of amides is 1. The van der Waals surface area contributed by atoms with E-state index in [0.717, 1.165) is 30.6 Å². The largest absolute Gasteiger partial charge is 0.483 e. The lowest BCUT2D eigenvalue weighted by atomic mass is 10.1. The third-order valence-electron chi connectivity index (χ3n) is 3.88. The third kappa shape index (κ3) is 4.33. The molecular weight excluding hydrogens is 290 g/mol. The summed E-state index contributed by atoms with van der Waals surface area (Å²) >= 11 is 0. The Balaban J connectivity index is 1.56. The molecule has 0 saturated carbocycles. The number of rotatable bonds is 6. The van der Waals surface area contributed by atoms with Crippen LogP contribution < -0.4 is 10.1 Å². The Kier molecular flexibility index (Phi) is 5.27. The van der Waals surface area contributed by atoms with E-state index in [1.54, 1.807) is 0 Å². The van der Waals surface area contributed by atoms with E-state index < -0.39 is 0 Å². The van der Waals surface area contributed by atoms with E-state index in [0.29, 0.717) is 12.3 Å². The van der Waals surface area contributed by atoms with Gasteiger partial charge in [0.05, 0.1) is 6.10 Å². The van der Waals surface area contributed by atoms with Gasteiger partial charge < -0.3 is 14.8 Å². The predicted octanol–water partition coefficient (Wildman–Crippen LogP) is 3.03. The summed E-state index contributed by atoms with van der Waals surface area (Å²) in [4.78, 5) is 11.9. The molecule has 2 aromatic carbocycles. The highest BCUT2D eigenvalue weighted by atomic mass is 16.5. The van der Waals surface area contributed by atoms with E-state index in [2.05, 4.69) is 5.32 Å². The Morgan fingerprint density at radius 3 is 2.70 bits per heavy atom. The summed E-state index contributed by atoms with van der Waals surface area (Å²) in [7, 11) is 0. The second-order valence-corrected chi connectivity index (χ2v) is 5.59. The molecule has 4 heteroatoms. The van der Waals surface area contributed by atoms with E-state index in [4.69, 9.17) is 9.47 Å². The molecular formula is C19H21NO3. The van der Waals surface area contributed by atoms with Gasteiger partial charge in [-0.3, -0.25) is 4.79 Å². The van der Waals surface area contributed by atoms with Crippen molar-refractivity contribution in [2.24, 2.45) is 0 Å². The SMILES string of the molecule is O=C(COc1ccccc1-c1ccccc1)NCC1CCCO1. The lowest BCUT2D eigenvalue weighted by Crippen LogP contribution is -2.35. The van der Waals surface area contributed by atoms with Gasteiger partial charge in [-0.1, -0.05) is 48.5 Å². The average molecular weight is 311 g/mol. The number of carbonyl (C=O) groups excluding carboxylic acids is 1. The second-order valence-electron chi connectivity index (χ2n) is 5.59. The average Bonchev–Trinajstić information content (AvgIpc) is 3.13. The molecule has 1 aliphatic heterocycles. The highest BCUT2D eigenvalue weighted by molar-refractivity contribution is 5.78. The number of hydrogen-bond donors (Lipinski definition) is 1. The van der Waals surface area contributed by atoms with Crippen LogP contribution in [0, 0.1) is 0 Å². The summed E-state index contributed by atoms with van der Waals surface area (Å²) in [6.45, 7) is 1.36. The molecule has 120 valence electrons. The zero-order chi connectivity index (χ0) is 15.9. The Morgan fingerprint density at radius 2 is 1.91 bits per heavy atom. The van der Waals surface area contributed by atoms with E-state index >= 15 is 0 Å². The van der Waals surface area contributed by atoms with E-state index in [9.17, 15) is 4.79 Å². The normalized spacial score (nSPS) is 17.0. The van der Waals surface area contributed by atoms with Gasteiger partial charge in [0, 0.05) is 18.7 Å². The first-order valence-corrected chi connectivity index (χ1v) is 7.98. The Labute approximate surface area is 136 Å². The van der Waals surface area contributed by atoms with Gasteiger partial charge in [-0.25, -0.2) is 0 Å². The minimum Gasteiger partial charge on any atom is -0.483 e. The zero-order valence-corrected chi connectivity index (χ0v) is 13.0. The summed E-state index contributed by atoms with van der Waals surface area (Å²) in [5.74, 6) is 0.592. The summed E-state index contributed by atoms with van der Waals surface area (Å²) in [5.41, 5.74) is 2.06. The van der Waals surface area contributed by atoms with Gasteiger partial charge in [-0.05, 0) is 24.5 Å². The van der Waals surface area contributed by atoms with Crippen LogP contribution in [-0.2, 0) is 9.53 Å². The smallest absolute Gasteiger partial charge is 0.258 e. The maximum atomic E-state index is 11.9. The molecule has 1 atom stereocenters. The van der Waals surface area contributed by atoms with Crippen molar-refractivity contribution in [3.05, 3.63) is 54.6 Å².